The van der Waals surface area contributed by atoms with E-state index in [0.29, 0.717) is 15.1 Å². The third-order valence-corrected chi connectivity index (χ3v) is 5.29. The number of hydrogen-bond acceptors (Lipinski definition) is 3. The quantitative estimate of drug-likeness (QED) is 0.803. The zero-order valence-corrected chi connectivity index (χ0v) is 15.5. The molecule has 1 aromatic carbocycles. The fourth-order valence-electron chi connectivity index (χ4n) is 2.46. The van der Waals surface area contributed by atoms with Crippen LogP contribution in [0.5, 0.6) is 0 Å². The molecule has 24 heavy (non-hydrogen) atoms. The first-order chi connectivity index (χ1) is 11.3. The molecule has 0 spiro atoms. The van der Waals surface area contributed by atoms with Gasteiger partial charge in [-0.15, -0.1) is 0 Å². The van der Waals surface area contributed by atoms with Crippen LogP contribution in [-0.2, 0) is 11.8 Å². The lowest BCUT2D eigenvalue weighted by Crippen LogP contribution is -2.19. The number of aryl methyl sites for hydroxylation is 2. The molecular weight excluding hydrogens is 342 g/mol. The number of nitrogens with zero attached hydrogens (tertiary/aromatic N) is 2. The average molecular weight is 360 g/mol. The smallest absolute Gasteiger partial charge is 0.264 e. The summed E-state index contributed by atoms with van der Waals surface area (Å²) in [5, 5.41) is 4.01. The van der Waals surface area contributed by atoms with Gasteiger partial charge in [0.2, 0.25) is 0 Å². The van der Waals surface area contributed by atoms with E-state index in [0.717, 1.165) is 28.2 Å². The number of aliphatic imine (C=N–C) groups is 1. The summed E-state index contributed by atoms with van der Waals surface area (Å²) in [4.78, 5) is 17.4. The van der Waals surface area contributed by atoms with Crippen LogP contribution < -0.4 is 5.32 Å². The number of aromatic nitrogens is 1. The molecule has 0 unspecified atom stereocenters. The van der Waals surface area contributed by atoms with Crippen molar-refractivity contribution >= 4 is 46.2 Å². The van der Waals surface area contributed by atoms with Crippen molar-refractivity contribution in [2.45, 2.75) is 20.8 Å². The highest BCUT2D eigenvalue weighted by Crippen LogP contribution is 2.31. The van der Waals surface area contributed by atoms with Crippen molar-refractivity contribution in [1.82, 2.24) is 9.88 Å². The Morgan fingerprint density at radius 2 is 2.00 bits per heavy atom. The highest BCUT2D eigenvalue weighted by Gasteiger charge is 2.24. The van der Waals surface area contributed by atoms with Crippen LogP contribution in [0, 0.1) is 20.8 Å². The third kappa shape index (κ3) is 3.28. The second kappa shape index (κ2) is 6.49. The van der Waals surface area contributed by atoms with Crippen LogP contribution in [0.3, 0.4) is 0 Å². The highest BCUT2D eigenvalue weighted by atomic mass is 35.5. The predicted molar refractivity (Wildman–Crippen MR) is 102 cm³/mol. The SMILES string of the molecule is Cc1ccc(Cl)cc1N=C1NC(=O)/C(=C/c2cc(C)n(C)c2C)S1. The van der Waals surface area contributed by atoms with E-state index in [9.17, 15) is 4.79 Å². The molecule has 0 saturated carbocycles. The van der Waals surface area contributed by atoms with Crippen molar-refractivity contribution in [2.24, 2.45) is 12.0 Å². The van der Waals surface area contributed by atoms with Gasteiger partial charge in [-0.25, -0.2) is 4.99 Å². The number of rotatable bonds is 2. The first-order valence-electron chi connectivity index (χ1n) is 7.54. The van der Waals surface area contributed by atoms with Gasteiger partial charge in [-0.2, -0.15) is 0 Å². The second-order valence-electron chi connectivity index (χ2n) is 5.80. The van der Waals surface area contributed by atoms with Gasteiger partial charge in [0.15, 0.2) is 5.17 Å². The molecule has 0 radical (unpaired) electrons. The van der Waals surface area contributed by atoms with E-state index in [4.69, 9.17) is 11.6 Å². The number of benzene rings is 1. The minimum Gasteiger partial charge on any atom is -0.352 e. The molecular formula is C18H18ClN3OS. The van der Waals surface area contributed by atoms with E-state index in [1.165, 1.54) is 11.8 Å². The maximum atomic E-state index is 12.2. The highest BCUT2D eigenvalue weighted by molar-refractivity contribution is 8.18. The van der Waals surface area contributed by atoms with E-state index in [1.54, 1.807) is 6.07 Å². The molecule has 1 aliphatic rings. The zero-order valence-electron chi connectivity index (χ0n) is 14.0. The van der Waals surface area contributed by atoms with Gasteiger partial charge in [-0.1, -0.05) is 17.7 Å². The Kier molecular flexibility index (Phi) is 4.56. The maximum absolute atomic E-state index is 12.2. The number of nitrogens with one attached hydrogen (secondary N) is 1. The lowest BCUT2D eigenvalue weighted by Gasteiger charge is -2.01. The summed E-state index contributed by atoms with van der Waals surface area (Å²) in [6.45, 7) is 6.05. The molecule has 1 amide bonds. The molecule has 124 valence electrons. The molecule has 1 fully saturated rings. The van der Waals surface area contributed by atoms with E-state index in [1.807, 2.05) is 46.0 Å². The van der Waals surface area contributed by atoms with Gasteiger partial charge in [0, 0.05) is 23.5 Å². The Morgan fingerprint density at radius 3 is 2.67 bits per heavy atom. The zero-order chi connectivity index (χ0) is 17.4. The molecule has 4 nitrogen and oxygen atoms in total. The topological polar surface area (TPSA) is 46.4 Å². The Labute approximate surface area is 150 Å². The van der Waals surface area contributed by atoms with Gasteiger partial charge in [0.1, 0.15) is 0 Å². The van der Waals surface area contributed by atoms with Crippen LogP contribution in [0.25, 0.3) is 6.08 Å². The van der Waals surface area contributed by atoms with Gasteiger partial charge in [-0.05, 0) is 67.9 Å². The van der Waals surface area contributed by atoms with E-state index in [2.05, 4.69) is 20.9 Å². The molecule has 0 atom stereocenters. The van der Waals surface area contributed by atoms with Gasteiger partial charge in [0.05, 0.1) is 10.6 Å². The number of amides is 1. The maximum Gasteiger partial charge on any atom is 0.264 e. The fourth-order valence-corrected chi connectivity index (χ4v) is 3.46. The summed E-state index contributed by atoms with van der Waals surface area (Å²) < 4.78 is 2.11. The van der Waals surface area contributed by atoms with Crippen LogP contribution in [0.4, 0.5) is 5.69 Å². The van der Waals surface area contributed by atoms with Crippen molar-refractivity contribution in [3.8, 4) is 0 Å². The molecule has 1 aliphatic heterocycles. The normalized spacial score (nSPS) is 17.8. The van der Waals surface area contributed by atoms with Crippen LogP contribution in [0.15, 0.2) is 34.2 Å². The monoisotopic (exact) mass is 359 g/mol. The third-order valence-electron chi connectivity index (χ3n) is 4.15. The molecule has 0 aliphatic carbocycles. The fraction of sp³-hybridized carbons (Fsp3) is 0.222. The van der Waals surface area contributed by atoms with Crippen molar-refractivity contribution in [3.63, 3.8) is 0 Å². The van der Waals surface area contributed by atoms with Crippen molar-refractivity contribution in [2.75, 3.05) is 0 Å². The van der Waals surface area contributed by atoms with Gasteiger partial charge >= 0.3 is 0 Å². The average Bonchev–Trinajstić information content (AvgIpc) is 2.98. The molecule has 3 rings (SSSR count). The van der Waals surface area contributed by atoms with Crippen molar-refractivity contribution in [3.05, 3.63) is 56.7 Å². The summed E-state index contributed by atoms with van der Waals surface area (Å²) >= 11 is 7.37. The number of amidine groups is 1. The standard InChI is InChI=1S/C18H18ClN3OS/c1-10-5-6-14(19)9-15(10)20-18-21-17(23)16(24-18)8-13-7-11(2)22(4)12(13)3/h5-9H,1-4H3,(H,20,21,23)/b16-8-. The number of carbonyl (C=O) groups excluding carboxylic acids is 1. The van der Waals surface area contributed by atoms with Crippen LogP contribution in [0.2, 0.25) is 5.02 Å². The summed E-state index contributed by atoms with van der Waals surface area (Å²) in [5.41, 5.74) is 5.11. The van der Waals surface area contributed by atoms with Crippen molar-refractivity contribution < 1.29 is 4.79 Å². The predicted octanol–water partition coefficient (Wildman–Crippen LogP) is 4.50. The number of halogens is 1. The Balaban J connectivity index is 1.90. The molecule has 1 saturated heterocycles. The van der Waals surface area contributed by atoms with Crippen LogP contribution >= 0.6 is 23.4 Å². The molecule has 6 heteroatoms. The van der Waals surface area contributed by atoms with Crippen LogP contribution in [0.1, 0.15) is 22.5 Å². The first-order valence-corrected chi connectivity index (χ1v) is 8.73. The first kappa shape index (κ1) is 16.9. The lowest BCUT2D eigenvalue weighted by atomic mass is 10.2. The Morgan fingerprint density at radius 1 is 1.25 bits per heavy atom. The van der Waals surface area contributed by atoms with Gasteiger partial charge < -0.3 is 9.88 Å². The molecule has 1 N–H and O–H groups in total. The van der Waals surface area contributed by atoms with E-state index >= 15 is 0 Å². The van der Waals surface area contributed by atoms with E-state index in [-0.39, 0.29) is 5.91 Å². The lowest BCUT2D eigenvalue weighted by molar-refractivity contribution is -0.115. The largest absolute Gasteiger partial charge is 0.352 e. The second-order valence-corrected chi connectivity index (χ2v) is 7.27. The number of hydrogen-bond donors (Lipinski definition) is 1. The molecule has 2 aromatic rings. The summed E-state index contributed by atoms with van der Waals surface area (Å²) in [5.74, 6) is -0.126. The van der Waals surface area contributed by atoms with Crippen molar-refractivity contribution in [1.29, 1.82) is 0 Å². The number of thioether (sulfide) groups is 1. The minimum atomic E-state index is -0.126. The Hall–Kier alpha value is -1.98. The minimum absolute atomic E-state index is 0.126. The van der Waals surface area contributed by atoms with Crippen LogP contribution in [-0.4, -0.2) is 15.6 Å². The Bertz CT molecular complexity index is 896. The molecule has 1 aromatic heterocycles. The van der Waals surface area contributed by atoms with Gasteiger partial charge in [0.25, 0.3) is 5.91 Å². The summed E-state index contributed by atoms with van der Waals surface area (Å²) in [7, 11) is 2.02. The summed E-state index contributed by atoms with van der Waals surface area (Å²) in [6.07, 6.45) is 1.91. The van der Waals surface area contributed by atoms with E-state index < -0.39 is 0 Å². The number of carbonyl (C=O) groups is 1. The summed E-state index contributed by atoms with van der Waals surface area (Å²) in [6, 6.07) is 7.61. The molecule has 2 heterocycles. The molecule has 0 bridgehead atoms. The van der Waals surface area contributed by atoms with Gasteiger partial charge in [-0.3, -0.25) is 4.79 Å².